The maximum atomic E-state index is 12.1. The number of benzene rings is 1. The van der Waals surface area contributed by atoms with Crippen LogP contribution in [0.2, 0.25) is 0 Å². The van der Waals surface area contributed by atoms with Gasteiger partial charge < -0.3 is 15.5 Å². The van der Waals surface area contributed by atoms with Crippen molar-refractivity contribution < 1.29 is 9.21 Å². The molecule has 0 spiro atoms. The Balaban J connectivity index is 1.72. The molecular formula is C19H20N4O2S. The van der Waals surface area contributed by atoms with E-state index in [0.29, 0.717) is 10.7 Å². The number of pyridine rings is 1. The fraction of sp³-hybridized carbons (Fsp3) is 0.158. The summed E-state index contributed by atoms with van der Waals surface area (Å²) in [5.74, 6) is 0.596. The number of anilines is 1. The van der Waals surface area contributed by atoms with E-state index in [-0.39, 0.29) is 12.3 Å². The summed E-state index contributed by atoms with van der Waals surface area (Å²) < 4.78 is 5.84. The number of amides is 1. The normalized spacial score (nSPS) is 12.1. The summed E-state index contributed by atoms with van der Waals surface area (Å²) in [6.45, 7) is 3.73. The summed E-state index contributed by atoms with van der Waals surface area (Å²) in [5, 5.41) is 8.70. The smallest absolute Gasteiger partial charge is 0.228 e. The lowest BCUT2D eigenvalue weighted by Crippen LogP contribution is -2.13. The number of nitrogens with two attached hydrogens (primary N) is 2. The van der Waals surface area contributed by atoms with Crippen LogP contribution in [0.5, 0.6) is 0 Å². The first-order valence-electron chi connectivity index (χ1n) is 8.05. The highest BCUT2D eigenvalue weighted by molar-refractivity contribution is 8.00. The third-order valence-corrected chi connectivity index (χ3v) is 4.54. The van der Waals surface area contributed by atoms with Crippen LogP contribution in [0.15, 0.2) is 57.5 Å². The van der Waals surface area contributed by atoms with Crippen molar-refractivity contribution in [2.75, 3.05) is 5.32 Å². The predicted molar refractivity (Wildman–Crippen MR) is 106 cm³/mol. The Morgan fingerprint density at radius 2 is 1.96 bits per heavy atom. The summed E-state index contributed by atoms with van der Waals surface area (Å²) in [4.78, 5) is 16.5. The van der Waals surface area contributed by atoms with E-state index >= 15 is 0 Å². The van der Waals surface area contributed by atoms with Crippen molar-refractivity contribution in [3.05, 3.63) is 58.8 Å². The zero-order valence-corrected chi connectivity index (χ0v) is 15.4. The Hall–Kier alpha value is -2.77. The van der Waals surface area contributed by atoms with E-state index in [4.69, 9.17) is 15.3 Å². The zero-order chi connectivity index (χ0) is 18.7. The molecule has 26 heavy (non-hydrogen) atoms. The highest BCUT2D eigenvalue weighted by atomic mass is 32.2. The fourth-order valence-electron chi connectivity index (χ4n) is 2.52. The Morgan fingerprint density at radius 1 is 1.23 bits per heavy atom. The maximum Gasteiger partial charge on any atom is 0.228 e. The number of rotatable bonds is 5. The molecule has 0 saturated heterocycles. The summed E-state index contributed by atoms with van der Waals surface area (Å²) in [5.41, 5.74) is 10.6. The number of nitrogens with zero attached hydrogens (tertiary/aromatic N) is 1. The quantitative estimate of drug-likeness (QED) is 0.589. The number of aryl methyl sites for hydroxylation is 1. The van der Waals surface area contributed by atoms with Crippen LogP contribution in [0, 0.1) is 6.92 Å². The number of hydrogen-bond acceptors (Lipinski definition) is 6. The molecule has 5 N–H and O–H groups in total. The van der Waals surface area contributed by atoms with Crippen LogP contribution in [-0.4, -0.2) is 10.9 Å². The van der Waals surface area contributed by atoms with Gasteiger partial charge >= 0.3 is 0 Å². The van der Waals surface area contributed by atoms with Crippen LogP contribution in [0.1, 0.15) is 19.0 Å². The molecule has 3 aromatic rings. The van der Waals surface area contributed by atoms with Gasteiger partial charge in [-0.3, -0.25) is 9.93 Å². The SMILES string of the molecule is C/C(CC(=O)Nc1ccc(-c2cc3nc(C)ccc3o2)cc1)=C(\N)SN. The van der Waals surface area contributed by atoms with Crippen molar-refractivity contribution in [1.29, 1.82) is 0 Å². The molecule has 134 valence electrons. The minimum Gasteiger partial charge on any atom is -0.454 e. The second kappa shape index (κ2) is 7.63. The number of aromatic nitrogens is 1. The van der Waals surface area contributed by atoms with Gasteiger partial charge in [-0.25, -0.2) is 4.98 Å². The van der Waals surface area contributed by atoms with Gasteiger partial charge in [0.05, 0.1) is 11.4 Å². The van der Waals surface area contributed by atoms with Crippen LogP contribution >= 0.6 is 11.9 Å². The molecule has 0 unspecified atom stereocenters. The van der Waals surface area contributed by atoms with Gasteiger partial charge in [-0.1, -0.05) is 0 Å². The van der Waals surface area contributed by atoms with Crippen LogP contribution < -0.4 is 16.2 Å². The van der Waals surface area contributed by atoms with E-state index in [1.807, 2.05) is 49.4 Å². The molecule has 0 aliphatic rings. The minimum absolute atomic E-state index is 0.143. The van der Waals surface area contributed by atoms with Gasteiger partial charge in [-0.05, 0) is 67.8 Å². The lowest BCUT2D eigenvalue weighted by molar-refractivity contribution is -0.115. The van der Waals surface area contributed by atoms with E-state index < -0.39 is 0 Å². The number of carbonyl (C=O) groups excluding carboxylic acids is 1. The molecule has 0 radical (unpaired) electrons. The minimum atomic E-state index is -0.143. The van der Waals surface area contributed by atoms with Gasteiger partial charge in [0.1, 0.15) is 11.3 Å². The monoisotopic (exact) mass is 368 g/mol. The summed E-state index contributed by atoms with van der Waals surface area (Å²) >= 11 is 0.945. The molecule has 7 heteroatoms. The number of furan rings is 1. The predicted octanol–water partition coefficient (Wildman–Crippen LogP) is 3.93. The molecule has 2 aromatic heterocycles. The molecule has 1 aromatic carbocycles. The first-order chi connectivity index (χ1) is 12.5. The topological polar surface area (TPSA) is 107 Å². The fourth-order valence-corrected chi connectivity index (χ4v) is 2.79. The van der Waals surface area contributed by atoms with Crippen molar-refractivity contribution in [3.63, 3.8) is 0 Å². The van der Waals surface area contributed by atoms with Gasteiger partial charge in [-0.2, -0.15) is 0 Å². The first-order valence-corrected chi connectivity index (χ1v) is 8.93. The molecule has 0 aliphatic heterocycles. The Morgan fingerprint density at radius 3 is 2.65 bits per heavy atom. The van der Waals surface area contributed by atoms with E-state index in [2.05, 4.69) is 10.3 Å². The van der Waals surface area contributed by atoms with Crippen molar-refractivity contribution >= 4 is 34.6 Å². The molecule has 0 aliphatic carbocycles. The lowest BCUT2D eigenvalue weighted by atomic mass is 10.1. The summed E-state index contributed by atoms with van der Waals surface area (Å²) in [7, 11) is 0. The molecule has 6 nitrogen and oxygen atoms in total. The average molecular weight is 368 g/mol. The number of nitrogens with one attached hydrogen (secondary N) is 1. The standard InChI is InChI=1S/C19H20N4O2S/c1-11(19(20)26-21)9-18(24)23-14-6-4-13(5-7-14)17-10-15-16(25-17)8-3-12(2)22-15/h3-8,10H,9,20-21H2,1-2H3,(H,23,24)/b19-11-. The molecule has 3 rings (SSSR count). The maximum absolute atomic E-state index is 12.1. The van der Waals surface area contributed by atoms with Gasteiger partial charge in [0, 0.05) is 23.0 Å². The summed E-state index contributed by atoms with van der Waals surface area (Å²) in [6, 6.07) is 13.2. The van der Waals surface area contributed by atoms with Crippen molar-refractivity contribution in [2.24, 2.45) is 10.9 Å². The van der Waals surface area contributed by atoms with Crippen molar-refractivity contribution in [1.82, 2.24) is 4.98 Å². The first kappa shape index (κ1) is 18.0. The van der Waals surface area contributed by atoms with Gasteiger partial charge in [0.25, 0.3) is 0 Å². The highest BCUT2D eigenvalue weighted by Crippen LogP contribution is 2.28. The second-order valence-electron chi connectivity index (χ2n) is 6.01. The summed E-state index contributed by atoms with van der Waals surface area (Å²) in [6.07, 6.45) is 0.201. The van der Waals surface area contributed by atoms with Crippen LogP contribution in [0.3, 0.4) is 0 Å². The number of fused-ring (bicyclic) bond motifs is 1. The van der Waals surface area contributed by atoms with Gasteiger partial charge in [0.2, 0.25) is 5.91 Å². The van der Waals surface area contributed by atoms with E-state index in [1.165, 1.54) is 0 Å². The Labute approximate surface area is 155 Å². The van der Waals surface area contributed by atoms with Crippen LogP contribution in [0.4, 0.5) is 5.69 Å². The van der Waals surface area contributed by atoms with Gasteiger partial charge in [-0.15, -0.1) is 0 Å². The third-order valence-electron chi connectivity index (χ3n) is 3.94. The van der Waals surface area contributed by atoms with E-state index in [9.17, 15) is 4.79 Å². The zero-order valence-electron chi connectivity index (χ0n) is 14.6. The number of hydrogen-bond donors (Lipinski definition) is 3. The van der Waals surface area contributed by atoms with Crippen molar-refractivity contribution in [3.8, 4) is 11.3 Å². The molecule has 0 fully saturated rings. The highest BCUT2D eigenvalue weighted by Gasteiger charge is 2.09. The Bertz CT molecular complexity index is 977. The molecule has 0 atom stereocenters. The number of carbonyl (C=O) groups is 1. The van der Waals surface area contributed by atoms with E-state index in [1.54, 1.807) is 6.92 Å². The molecule has 0 bridgehead atoms. The average Bonchev–Trinajstić information content (AvgIpc) is 3.04. The molecule has 1 amide bonds. The Kier molecular flexibility index (Phi) is 5.29. The molecule has 0 saturated carbocycles. The van der Waals surface area contributed by atoms with Crippen molar-refractivity contribution in [2.45, 2.75) is 20.3 Å². The van der Waals surface area contributed by atoms with Gasteiger partial charge in [0.15, 0.2) is 5.58 Å². The third kappa shape index (κ3) is 4.07. The van der Waals surface area contributed by atoms with E-state index in [0.717, 1.165) is 45.6 Å². The lowest BCUT2D eigenvalue weighted by Gasteiger charge is -2.07. The molecule has 2 heterocycles. The van der Waals surface area contributed by atoms with Crippen LogP contribution in [-0.2, 0) is 4.79 Å². The van der Waals surface area contributed by atoms with Crippen LogP contribution in [0.25, 0.3) is 22.4 Å². The molecular weight excluding hydrogens is 348 g/mol. The largest absolute Gasteiger partial charge is 0.454 e. The second-order valence-corrected chi connectivity index (χ2v) is 6.69.